The number of benzene rings is 2. The van der Waals surface area contributed by atoms with E-state index in [2.05, 4.69) is 0 Å². The first-order chi connectivity index (χ1) is 11.3. The highest BCUT2D eigenvalue weighted by Gasteiger charge is 2.34. The predicted octanol–water partition coefficient (Wildman–Crippen LogP) is 3.14. The van der Waals surface area contributed by atoms with E-state index >= 15 is 0 Å². The van der Waals surface area contributed by atoms with Gasteiger partial charge >= 0.3 is 0 Å². The lowest BCUT2D eigenvalue weighted by Gasteiger charge is -2.28. The number of fused-ring (bicyclic) bond motifs is 1. The van der Waals surface area contributed by atoms with Gasteiger partial charge in [-0.25, -0.2) is 0 Å². The van der Waals surface area contributed by atoms with Gasteiger partial charge in [0.05, 0.1) is 13.5 Å². The minimum absolute atomic E-state index is 0.00230. The van der Waals surface area contributed by atoms with Gasteiger partial charge in [0.15, 0.2) is 5.78 Å². The SMILES string of the molecule is COc1cc(O)cc([C@H]2CC(=O)c3c(O)c(C)c(O)c(C)c3O2)c1. The van der Waals surface area contributed by atoms with Gasteiger partial charge in [-0.15, -0.1) is 0 Å². The molecule has 6 nitrogen and oxygen atoms in total. The van der Waals surface area contributed by atoms with Gasteiger partial charge in [-0.2, -0.15) is 0 Å². The molecule has 0 spiro atoms. The average molecular weight is 330 g/mol. The van der Waals surface area contributed by atoms with Gasteiger partial charge in [-0.05, 0) is 26.0 Å². The second-order valence-electron chi connectivity index (χ2n) is 5.85. The first kappa shape index (κ1) is 16.0. The minimum atomic E-state index is -0.647. The van der Waals surface area contributed by atoms with Crippen LogP contribution in [0.1, 0.15) is 39.6 Å². The molecule has 0 radical (unpaired) electrons. The third-order valence-electron chi connectivity index (χ3n) is 4.30. The van der Waals surface area contributed by atoms with E-state index in [1.165, 1.54) is 26.2 Å². The van der Waals surface area contributed by atoms with Crippen molar-refractivity contribution in [3.05, 3.63) is 40.5 Å². The minimum Gasteiger partial charge on any atom is -0.508 e. The Labute approximate surface area is 138 Å². The van der Waals surface area contributed by atoms with Crippen LogP contribution in [0, 0.1) is 13.8 Å². The number of hydrogen-bond donors (Lipinski definition) is 3. The number of phenols is 3. The fourth-order valence-corrected chi connectivity index (χ4v) is 2.94. The fraction of sp³-hybridized carbons (Fsp3) is 0.278. The van der Waals surface area contributed by atoms with Crippen LogP contribution >= 0.6 is 0 Å². The zero-order chi connectivity index (χ0) is 17.6. The van der Waals surface area contributed by atoms with E-state index in [9.17, 15) is 20.1 Å². The van der Waals surface area contributed by atoms with Crippen molar-refractivity contribution >= 4 is 5.78 Å². The Kier molecular flexibility index (Phi) is 3.75. The van der Waals surface area contributed by atoms with E-state index in [4.69, 9.17) is 9.47 Å². The summed E-state index contributed by atoms with van der Waals surface area (Å²) >= 11 is 0. The summed E-state index contributed by atoms with van der Waals surface area (Å²) in [6, 6.07) is 4.62. The Morgan fingerprint density at radius 2 is 1.79 bits per heavy atom. The van der Waals surface area contributed by atoms with Crippen LogP contribution in [0.25, 0.3) is 0 Å². The van der Waals surface area contributed by atoms with Gasteiger partial charge < -0.3 is 24.8 Å². The lowest BCUT2D eigenvalue weighted by atomic mass is 9.91. The van der Waals surface area contributed by atoms with Gasteiger partial charge in [0, 0.05) is 22.8 Å². The predicted molar refractivity (Wildman–Crippen MR) is 86.2 cm³/mol. The largest absolute Gasteiger partial charge is 0.508 e. The first-order valence-electron chi connectivity index (χ1n) is 7.46. The molecular formula is C18H18O6. The van der Waals surface area contributed by atoms with Crippen molar-refractivity contribution < 1.29 is 29.6 Å². The van der Waals surface area contributed by atoms with Crippen LogP contribution in [0.15, 0.2) is 18.2 Å². The van der Waals surface area contributed by atoms with E-state index in [0.29, 0.717) is 16.9 Å². The number of hydrogen-bond acceptors (Lipinski definition) is 6. The van der Waals surface area contributed by atoms with Crippen LogP contribution in [-0.2, 0) is 0 Å². The second-order valence-corrected chi connectivity index (χ2v) is 5.85. The van der Waals surface area contributed by atoms with Crippen LogP contribution in [0.5, 0.6) is 28.7 Å². The molecule has 126 valence electrons. The Morgan fingerprint density at radius 1 is 1.08 bits per heavy atom. The van der Waals surface area contributed by atoms with Crippen LogP contribution < -0.4 is 9.47 Å². The summed E-state index contributed by atoms with van der Waals surface area (Å²) in [6.07, 6.45) is -0.636. The molecule has 0 aromatic heterocycles. The average Bonchev–Trinajstić information content (AvgIpc) is 2.56. The molecule has 0 bridgehead atoms. The van der Waals surface area contributed by atoms with Gasteiger partial charge in [0.1, 0.15) is 40.4 Å². The molecule has 0 saturated carbocycles. The Morgan fingerprint density at radius 3 is 2.46 bits per heavy atom. The van der Waals surface area contributed by atoms with Crippen LogP contribution in [0.4, 0.5) is 0 Å². The van der Waals surface area contributed by atoms with Crippen molar-refractivity contribution in [2.75, 3.05) is 7.11 Å². The summed E-state index contributed by atoms with van der Waals surface area (Å²) in [5, 5.41) is 30.1. The molecule has 2 aromatic rings. The van der Waals surface area contributed by atoms with Crippen molar-refractivity contribution in [2.24, 2.45) is 0 Å². The number of Topliss-reactive ketones (excluding diaryl/α,β-unsaturated/α-hetero) is 1. The van der Waals surface area contributed by atoms with Crippen molar-refractivity contribution in [2.45, 2.75) is 26.4 Å². The highest BCUT2D eigenvalue weighted by molar-refractivity contribution is 6.03. The lowest BCUT2D eigenvalue weighted by Crippen LogP contribution is -2.21. The number of carbonyl (C=O) groups excluding carboxylic acids is 1. The summed E-state index contributed by atoms with van der Waals surface area (Å²) < 4.78 is 11.0. The van der Waals surface area contributed by atoms with Gasteiger partial charge in [-0.3, -0.25) is 4.79 Å². The quantitative estimate of drug-likeness (QED) is 0.783. The van der Waals surface area contributed by atoms with Crippen molar-refractivity contribution in [3.63, 3.8) is 0 Å². The van der Waals surface area contributed by atoms with Crippen molar-refractivity contribution in [1.82, 2.24) is 0 Å². The van der Waals surface area contributed by atoms with E-state index in [1.807, 2.05) is 0 Å². The van der Waals surface area contributed by atoms with E-state index in [1.54, 1.807) is 13.0 Å². The second kappa shape index (κ2) is 5.63. The maximum atomic E-state index is 12.5. The van der Waals surface area contributed by atoms with E-state index in [-0.39, 0.29) is 46.3 Å². The van der Waals surface area contributed by atoms with Crippen LogP contribution in [-0.4, -0.2) is 28.2 Å². The molecule has 1 atom stereocenters. The maximum Gasteiger partial charge on any atom is 0.174 e. The number of ketones is 1. The third-order valence-corrected chi connectivity index (χ3v) is 4.30. The molecule has 0 aliphatic carbocycles. The zero-order valence-electron chi connectivity index (χ0n) is 13.6. The number of carbonyl (C=O) groups is 1. The Balaban J connectivity index is 2.10. The smallest absolute Gasteiger partial charge is 0.174 e. The molecule has 0 unspecified atom stereocenters. The molecule has 3 N–H and O–H groups in total. The number of aromatic hydroxyl groups is 3. The van der Waals surface area contributed by atoms with Crippen molar-refractivity contribution in [1.29, 1.82) is 0 Å². The van der Waals surface area contributed by atoms with Gasteiger partial charge in [0.25, 0.3) is 0 Å². The molecule has 0 saturated heterocycles. The molecule has 1 heterocycles. The van der Waals surface area contributed by atoms with Gasteiger partial charge in [0.2, 0.25) is 0 Å². The van der Waals surface area contributed by atoms with Crippen LogP contribution in [0.3, 0.4) is 0 Å². The zero-order valence-corrected chi connectivity index (χ0v) is 13.6. The van der Waals surface area contributed by atoms with E-state index in [0.717, 1.165) is 0 Å². The summed E-state index contributed by atoms with van der Waals surface area (Å²) in [4.78, 5) is 12.5. The number of phenolic OH excluding ortho intramolecular Hbond substituents is 3. The molecule has 1 aliphatic heterocycles. The molecule has 1 aliphatic rings. The Bertz CT molecular complexity index is 840. The summed E-state index contributed by atoms with van der Waals surface area (Å²) in [5.41, 5.74) is 1.31. The summed E-state index contributed by atoms with van der Waals surface area (Å²) in [7, 11) is 1.48. The maximum absolute atomic E-state index is 12.5. The molecular weight excluding hydrogens is 312 g/mol. The highest BCUT2D eigenvalue weighted by Crippen LogP contribution is 2.47. The molecule has 3 rings (SSSR count). The number of rotatable bonds is 2. The van der Waals surface area contributed by atoms with Gasteiger partial charge in [-0.1, -0.05) is 0 Å². The normalized spacial score (nSPS) is 16.5. The molecule has 24 heavy (non-hydrogen) atoms. The third kappa shape index (κ3) is 2.40. The van der Waals surface area contributed by atoms with Crippen LogP contribution in [0.2, 0.25) is 0 Å². The lowest BCUT2D eigenvalue weighted by molar-refractivity contribution is 0.0841. The standard InChI is InChI=1S/C18H18O6/c1-8-16(21)9(2)18-15(17(8)22)13(20)7-14(24-18)10-4-11(19)6-12(5-10)23-3/h4-6,14,19,21-22H,7H2,1-3H3/t14-/m1/s1. The Hall–Kier alpha value is -2.89. The number of methoxy groups -OCH3 is 1. The topological polar surface area (TPSA) is 96.2 Å². The molecule has 6 heteroatoms. The molecule has 2 aromatic carbocycles. The van der Waals surface area contributed by atoms with Crippen molar-refractivity contribution in [3.8, 4) is 28.7 Å². The summed E-state index contributed by atoms with van der Waals surface area (Å²) in [5.74, 6) is -0.0414. The fourth-order valence-electron chi connectivity index (χ4n) is 2.94. The highest BCUT2D eigenvalue weighted by atomic mass is 16.5. The summed E-state index contributed by atoms with van der Waals surface area (Å²) in [6.45, 7) is 3.16. The monoisotopic (exact) mass is 330 g/mol. The van der Waals surface area contributed by atoms with E-state index < -0.39 is 6.10 Å². The first-order valence-corrected chi connectivity index (χ1v) is 7.46. The molecule has 0 amide bonds. The number of ether oxygens (including phenoxy) is 2. The molecule has 0 fully saturated rings.